The number of aromatic nitrogens is 2. The van der Waals surface area contributed by atoms with E-state index in [1.54, 1.807) is 22.8 Å². The summed E-state index contributed by atoms with van der Waals surface area (Å²) in [6.45, 7) is -0.169. The van der Waals surface area contributed by atoms with E-state index in [-0.39, 0.29) is 6.54 Å². The summed E-state index contributed by atoms with van der Waals surface area (Å²) < 4.78 is 54.9. The quantitative estimate of drug-likeness (QED) is 0.800. The first-order valence-corrected chi connectivity index (χ1v) is 7.83. The summed E-state index contributed by atoms with van der Waals surface area (Å²) in [5.74, 6) is -2.27. The average Bonchev–Trinajstić information content (AvgIpc) is 2.88. The summed E-state index contributed by atoms with van der Waals surface area (Å²) in [6.07, 6.45) is 1.71. The fraction of sp³-hybridized carbons (Fsp3) is 0.0714. The van der Waals surface area contributed by atoms with Crippen LogP contribution in [0.4, 0.5) is 8.78 Å². The second-order valence-corrected chi connectivity index (χ2v) is 6.28. The molecular formula is C14H11F2N3O2S. The Hall–Kier alpha value is -2.32. The van der Waals surface area contributed by atoms with E-state index < -0.39 is 26.6 Å². The molecular weight excluding hydrogens is 312 g/mol. The standard InChI is InChI=1S/C14H11F2N3O2S/c15-12-5-3-6-13(16)14(12)22(20,21)17-9-10-8-11-4-1-2-7-19(11)18-10/h1-8,17H,9H2. The molecule has 1 N–H and O–H groups in total. The fourth-order valence-electron chi connectivity index (χ4n) is 2.06. The van der Waals surface area contributed by atoms with Gasteiger partial charge in [-0.2, -0.15) is 5.10 Å². The van der Waals surface area contributed by atoms with E-state index in [2.05, 4.69) is 9.82 Å². The molecule has 0 saturated carbocycles. The highest BCUT2D eigenvalue weighted by Crippen LogP contribution is 2.18. The van der Waals surface area contributed by atoms with Gasteiger partial charge in [0.25, 0.3) is 0 Å². The SMILES string of the molecule is O=S(=O)(NCc1cc2ccccn2n1)c1c(F)cccc1F. The van der Waals surface area contributed by atoms with Gasteiger partial charge in [-0.1, -0.05) is 12.1 Å². The molecule has 0 fully saturated rings. The minimum Gasteiger partial charge on any atom is -0.241 e. The van der Waals surface area contributed by atoms with Crippen LogP contribution >= 0.6 is 0 Å². The molecule has 22 heavy (non-hydrogen) atoms. The Bertz CT molecular complexity index is 885. The van der Waals surface area contributed by atoms with Crippen LogP contribution in [0.3, 0.4) is 0 Å². The van der Waals surface area contributed by atoms with Crippen molar-refractivity contribution >= 4 is 15.5 Å². The number of nitrogens with zero attached hydrogens (tertiary/aromatic N) is 2. The molecule has 0 bridgehead atoms. The average molecular weight is 323 g/mol. The van der Waals surface area contributed by atoms with Gasteiger partial charge in [0.1, 0.15) is 11.6 Å². The lowest BCUT2D eigenvalue weighted by atomic mass is 10.3. The lowest BCUT2D eigenvalue weighted by Gasteiger charge is -2.07. The van der Waals surface area contributed by atoms with Gasteiger partial charge in [0.15, 0.2) is 4.90 Å². The molecule has 0 spiro atoms. The maximum Gasteiger partial charge on any atom is 0.246 e. The number of hydrogen-bond acceptors (Lipinski definition) is 3. The van der Waals surface area contributed by atoms with Crippen LogP contribution in [0.1, 0.15) is 5.69 Å². The molecule has 2 aromatic heterocycles. The summed E-state index contributed by atoms with van der Waals surface area (Å²) in [5, 5.41) is 4.16. The van der Waals surface area contributed by atoms with E-state index >= 15 is 0 Å². The number of hydrogen-bond donors (Lipinski definition) is 1. The molecule has 5 nitrogen and oxygen atoms in total. The number of nitrogens with one attached hydrogen (secondary N) is 1. The summed E-state index contributed by atoms with van der Waals surface area (Å²) in [6, 6.07) is 9.97. The van der Waals surface area contributed by atoms with Gasteiger partial charge in [0.2, 0.25) is 10.0 Å². The maximum atomic E-state index is 13.6. The van der Waals surface area contributed by atoms with Gasteiger partial charge in [-0.3, -0.25) is 0 Å². The second kappa shape index (κ2) is 5.47. The minimum absolute atomic E-state index is 0.169. The summed E-state index contributed by atoms with van der Waals surface area (Å²) >= 11 is 0. The molecule has 1 aromatic carbocycles. The molecule has 114 valence electrons. The van der Waals surface area contributed by atoms with E-state index in [0.29, 0.717) is 5.69 Å². The molecule has 3 rings (SSSR count). The first kappa shape index (κ1) is 14.6. The van der Waals surface area contributed by atoms with Gasteiger partial charge >= 0.3 is 0 Å². The van der Waals surface area contributed by atoms with Gasteiger partial charge < -0.3 is 0 Å². The van der Waals surface area contributed by atoms with Crippen molar-refractivity contribution in [1.29, 1.82) is 0 Å². The van der Waals surface area contributed by atoms with E-state index in [1.165, 1.54) is 0 Å². The molecule has 3 aromatic rings. The zero-order chi connectivity index (χ0) is 15.7. The molecule has 0 amide bonds. The Morgan fingerprint density at radius 2 is 1.82 bits per heavy atom. The third-order valence-corrected chi connectivity index (χ3v) is 4.50. The number of pyridine rings is 1. The van der Waals surface area contributed by atoms with Crippen LogP contribution in [0.15, 0.2) is 53.6 Å². The Kier molecular flexibility index (Phi) is 3.63. The Morgan fingerprint density at radius 3 is 2.50 bits per heavy atom. The van der Waals surface area contributed by atoms with Gasteiger partial charge in [0.05, 0.1) is 17.8 Å². The molecule has 0 unspecified atom stereocenters. The topological polar surface area (TPSA) is 63.5 Å². The van der Waals surface area contributed by atoms with Crippen molar-refractivity contribution < 1.29 is 17.2 Å². The van der Waals surface area contributed by atoms with Crippen molar-refractivity contribution in [2.75, 3.05) is 0 Å². The zero-order valence-electron chi connectivity index (χ0n) is 11.2. The minimum atomic E-state index is -4.31. The maximum absolute atomic E-state index is 13.6. The first-order chi connectivity index (χ1) is 10.5. The van der Waals surface area contributed by atoms with Crippen LogP contribution in [0, 0.1) is 11.6 Å². The molecule has 0 aliphatic rings. The lowest BCUT2D eigenvalue weighted by molar-refractivity contribution is 0.513. The lowest BCUT2D eigenvalue weighted by Crippen LogP contribution is -2.25. The first-order valence-electron chi connectivity index (χ1n) is 6.34. The van der Waals surface area contributed by atoms with Crippen LogP contribution in [0.25, 0.3) is 5.52 Å². The van der Waals surface area contributed by atoms with Gasteiger partial charge in [-0.15, -0.1) is 0 Å². The van der Waals surface area contributed by atoms with Crippen molar-refractivity contribution in [3.63, 3.8) is 0 Å². The van der Waals surface area contributed by atoms with Gasteiger partial charge in [-0.25, -0.2) is 26.4 Å². The predicted octanol–water partition coefficient (Wildman–Crippen LogP) is 2.09. The van der Waals surface area contributed by atoms with Crippen molar-refractivity contribution in [2.24, 2.45) is 0 Å². The monoisotopic (exact) mass is 323 g/mol. The number of benzene rings is 1. The van der Waals surface area contributed by atoms with E-state index in [9.17, 15) is 17.2 Å². The summed E-state index contributed by atoms with van der Waals surface area (Å²) in [7, 11) is -4.31. The fourth-order valence-corrected chi connectivity index (χ4v) is 3.19. The van der Waals surface area contributed by atoms with E-state index in [4.69, 9.17) is 0 Å². The predicted molar refractivity (Wildman–Crippen MR) is 75.6 cm³/mol. The largest absolute Gasteiger partial charge is 0.246 e. The van der Waals surface area contributed by atoms with Crippen molar-refractivity contribution in [3.05, 3.63) is 66.0 Å². The number of halogens is 2. The van der Waals surface area contributed by atoms with Gasteiger partial charge in [0, 0.05) is 6.20 Å². The Labute approximate surface area is 125 Å². The second-order valence-electron chi connectivity index (χ2n) is 4.58. The summed E-state index contributed by atoms with van der Waals surface area (Å²) in [4.78, 5) is -0.987. The highest BCUT2D eigenvalue weighted by Gasteiger charge is 2.23. The number of rotatable bonds is 4. The van der Waals surface area contributed by atoms with E-state index in [1.807, 2.05) is 12.1 Å². The third kappa shape index (κ3) is 2.70. The third-order valence-electron chi connectivity index (χ3n) is 3.05. The Morgan fingerprint density at radius 1 is 1.09 bits per heavy atom. The van der Waals surface area contributed by atoms with Crippen LogP contribution in [0.2, 0.25) is 0 Å². The zero-order valence-corrected chi connectivity index (χ0v) is 12.0. The molecule has 8 heteroatoms. The van der Waals surface area contributed by atoms with Crippen LogP contribution in [0.5, 0.6) is 0 Å². The molecule has 0 saturated heterocycles. The highest BCUT2D eigenvalue weighted by molar-refractivity contribution is 7.89. The summed E-state index contributed by atoms with van der Waals surface area (Å²) in [5.41, 5.74) is 1.22. The molecule has 0 radical (unpaired) electrons. The van der Waals surface area contributed by atoms with Crippen LogP contribution < -0.4 is 4.72 Å². The van der Waals surface area contributed by atoms with Crippen LogP contribution in [-0.4, -0.2) is 18.0 Å². The number of sulfonamides is 1. The van der Waals surface area contributed by atoms with Crippen molar-refractivity contribution in [1.82, 2.24) is 14.3 Å². The molecule has 0 atom stereocenters. The van der Waals surface area contributed by atoms with E-state index in [0.717, 1.165) is 23.7 Å². The van der Waals surface area contributed by atoms with Crippen molar-refractivity contribution in [2.45, 2.75) is 11.4 Å². The number of fused-ring (bicyclic) bond motifs is 1. The molecule has 2 heterocycles. The highest BCUT2D eigenvalue weighted by atomic mass is 32.2. The Balaban J connectivity index is 1.86. The molecule has 0 aliphatic heterocycles. The normalized spacial score (nSPS) is 11.9. The van der Waals surface area contributed by atoms with Gasteiger partial charge in [-0.05, 0) is 30.3 Å². The van der Waals surface area contributed by atoms with Crippen LogP contribution in [-0.2, 0) is 16.6 Å². The van der Waals surface area contributed by atoms with Crippen molar-refractivity contribution in [3.8, 4) is 0 Å². The smallest absolute Gasteiger partial charge is 0.241 e. The molecule has 0 aliphatic carbocycles.